The Morgan fingerprint density at radius 2 is 1.44 bits per heavy atom. The van der Waals surface area contributed by atoms with E-state index < -0.39 is 6.29 Å². The zero-order valence-electron chi connectivity index (χ0n) is 29.1. The summed E-state index contributed by atoms with van der Waals surface area (Å²) in [6.45, 7) is 0.411. The Morgan fingerprint density at radius 3 is 2.21 bits per heavy atom. The normalized spacial score (nSPS) is 17.0. The van der Waals surface area contributed by atoms with Crippen LogP contribution >= 0.6 is 11.8 Å². The average Bonchev–Trinajstić information content (AvgIpc) is 3.19. The number of anilines is 2. The first-order chi connectivity index (χ1) is 25.4. The third-order valence-corrected chi connectivity index (χ3v) is 10.1. The monoisotopic (exact) mass is 715 g/mol. The number of ether oxygens (including phenoxy) is 2. The number of benzene rings is 5. The highest BCUT2D eigenvalue weighted by Gasteiger charge is 2.32. The summed E-state index contributed by atoms with van der Waals surface area (Å²) in [5, 5.41) is 15.4. The van der Waals surface area contributed by atoms with Crippen molar-refractivity contribution in [2.24, 2.45) is 0 Å². The van der Waals surface area contributed by atoms with E-state index in [-0.39, 0.29) is 30.6 Å². The molecule has 0 spiro atoms. The summed E-state index contributed by atoms with van der Waals surface area (Å²) in [6, 6.07) is 41.8. The minimum Gasteiger partial charge on any atom is -0.397 e. The number of rotatable bonds is 15. The van der Waals surface area contributed by atoms with Crippen LogP contribution < -0.4 is 16.4 Å². The first-order valence-electron chi connectivity index (χ1n) is 17.7. The number of thioether (sulfide) groups is 1. The van der Waals surface area contributed by atoms with Crippen molar-refractivity contribution in [3.8, 4) is 11.1 Å². The maximum Gasteiger partial charge on any atom is 0.224 e. The summed E-state index contributed by atoms with van der Waals surface area (Å²) >= 11 is 1.78. The van der Waals surface area contributed by atoms with E-state index in [1.54, 1.807) is 23.9 Å². The van der Waals surface area contributed by atoms with Gasteiger partial charge in [0.15, 0.2) is 6.29 Å². The summed E-state index contributed by atoms with van der Waals surface area (Å²) < 4.78 is 13.2. The van der Waals surface area contributed by atoms with Gasteiger partial charge in [-0.15, -0.1) is 11.8 Å². The average molecular weight is 716 g/mol. The fourth-order valence-corrected chi connectivity index (χ4v) is 7.08. The predicted octanol–water partition coefficient (Wildman–Crippen LogP) is 8.58. The second-order valence-electron chi connectivity index (χ2n) is 12.9. The Hall–Kier alpha value is -4.93. The highest BCUT2D eigenvalue weighted by molar-refractivity contribution is 7.99. The molecule has 9 heteroatoms. The largest absolute Gasteiger partial charge is 0.397 e. The summed E-state index contributed by atoms with van der Waals surface area (Å²) in [6.07, 6.45) is 1.87. The number of amides is 2. The standard InChI is InChI=1S/C43H45N3O5S/c44-38-16-4-5-17-39(38)46-42(49)19-7-6-18-41(48)45-27-31-10-8-11-33(24-31)34-12-9-13-35(25-34)43-50-36(29-52-37-14-2-1-3-15-37)26-40(51-43)32-22-20-30(28-47)21-23-32/h1-5,8-17,20-25,36,40,43,47H,6-7,18-19,26-29,44H2,(H,45,48)(H,46,49)/t36-,40+,43+/m0/s1. The van der Waals surface area contributed by atoms with E-state index in [9.17, 15) is 14.7 Å². The van der Waals surface area contributed by atoms with Gasteiger partial charge in [0.1, 0.15) is 0 Å². The van der Waals surface area contributed by atoms with Crippen molar-refractivity contribution in [1.82, 2.24) is 5.32 Å². The molecule has 5 aromatic carbocycles. The molecule has 2 amide bonds. The van der Waals surface area contributed by atoms with Gasteiger partial charge in [-0.05, 0) is 77.1 Å². The van der Waals surface area contributed by atoms with E-state index in [1.165, 1.54) is 4.90 Å². The van der Waals surface area contributed by atoms with Gasteiger partial charge < -0.3 is 30.9 Å². The van der Waals surface area contributed by atoms with Crippen molar-refractivity contribution in [3.63, 3.8) is 0 Å². The molecule has 1 heterocycles. The first kappa shape index (κ1) is 36.8. The van der Waals surface area contributed by atoms with Gasteiger partial charge in [-0.25, -0.2) is 0 Å². The van der Waals surface area contributed by atoms with Crippen molar-refractivity contribution in [1.29, 1.82) is 0 Å². The molecule has 8 nitrogen and oxygen atoms in total. The zero-order valence-corrected chi connectivity index (χ0v) is 29.9. The van der Waals surface area contributed by atoms with Crippen LogP contribution in [0.1, 0.15) is 66.8 Å². The topological polar surface area (TPSA) is 123 Å². The Labute approximate surface area is 309 Å². The molecule has 0 aromatic heterocycles. The van der Waals surface area contributed by atoms with Gasteiger partial charge in [0, 0.05) is 42.0 Å². The fraction of sp³-hybridized carbons (Fsp3) is 0.256. The molecule has 6 rings (SSSR count). The van der Waals surface area contributed by atoms with Crippen molar-refractivity contribution < 1.29 is 24.2 Å². The molecule has 1 aliphatic rings. The maximum absolute atomic E-state index is 12.6. The number of unbranched alkanes of at least 4 members (excludes halogenated alkanes) is 1. The molecule has 0 aliphatic carbocycles. The minimum atomic E-state index is -0.553. The van der Waals surface area contributed by atoms with Gasteiger partial charge in [0.25, 0.3) is 0 Å². The molecule has 1 saturated heterocycles. The Bertz CT molecular complexity index is 1920. The number of carbonyl (C=O) groups excluding carboxylic acids is 2. The van der Waals surface area contributed by atoms with Gasteiger partial charge >= 0.3 is 0 Å². The van der Waals surface area contributed by atoms with Crippen molar-refractivity contribution in [3.05, 3.63) is 150 Å². The number of nitrogens with two attached hydrogens (primary N) is 1. The van der Waals surface area contributed by atoms with Crippen LogP contribution in [0.25, 0.3) is 11.1 Å². The lowest BCUT2D eigenvalue weighted by Gasteiger charge is -2.36. The molecule has 0 unspecified atom stereocenters. The third-order valence-electron chi connectivity index (χ3n) is 9.00. The molecule has 268 valence electrons. The molecule has 0 bridgehead atoms. The van der Waals surface area contributed by atoms with E-state index in [0.717, 1.165) is 45.6 Å². The van der Waals surface area contributed by atoms with Gasteiger partial charge in [-0.2, -0.15) is 0 Å². The second-order valence-corrected chi connectivity index (χ2v) is 14.0. The number of hydrogen-bond acceptors (Lipinski definition) is 7. The molecule has 3 atom stereocenters. The molecule has 5 N–H and O–H groups in total. The van der Waals surface area contributed by atoms with Gasteiger partial charge in [-0.3, -0.25) is 9.59 Å². The van der Waals surface area contributed by atoms with Crippen molar-refractivity contribution in [2.45, 2.75) is 68.6 Å². The van der Waals surface area contributed by atoms with Crippen LogP contribution in [0.4, 0.5) is 11.4 Å². The van der Waals surface area contributed by atoms with Crippen LogP contribution in [0.2, 0.25) is 0 Å². The molecular formula is C43H45N3O5S. The van der Waals surface area contributed by atoms with E-state index in [2.05, 4.69) is 47.0 Å². The quantitative estimate of drug-likeness (QED) is 0.0487. The van der Waals surface area contributed by atoms with Gasteiger partial charge in [-0.1, -0.05) is 91.0 Å². The highest BCUT2D eigenvalue weighted by atomic mass is 32.2. The second kappa shape index (κ2) is 18.5. The number of aliphatic hydroxyl groups excluding tert-OH is 1. The smallest absolute Gasteiger partial charge is 0.224 e. The van der Waals surface area contributed by atoms with Crippen LogP contribution in [0.15, 0.2) is 132 Å². The number of nitrogen functional groups attached to an aromatic ring is 1. The van der Waals surface area contributed by atoms with E-state index >= 15 is 0 Å². The molecule has 1 fully saturated rings. The van der Waals surface area contributed by atoms with Crippen LogP contribution in [0.3, 0.4) is 0 Å². The molecule has 0 radical (unpaired) electrons. The SMILES string of the molecule is Nc1ccccc1NC(=O)CCCCC(=O)NCc1cccc(-c2cccc([C@@H]3O[C@H](CSc4ccccc4)C[C@H](c4ccc(CO)cc4)O3)c2)c1. The lowest BCUT2D eigenvalue weighted by Crippen LogP contribution is -2.31. The number of nitrogens with one attached hydrogen (secondary N) is 2. The number of hydrogen-bond donors (Lipinski definition) is 4. The van der Waals surface area contributed by atoms with E-state index in [0.29, 0.717) is 43.6 Å². The fourth-order valence-electron chi connectivity index (χ4n) is 6.14. The number of carbonyl (C=O) groups is 2. The molecule has 1 aliphatic heterocycles. The highest BCUT2D eigenvalue weighted by Crippen LogP contribution is 2.40. The Kier molecular flexibility index (Phi) is 13.1. The van der Waals surface area contributed by atoms with Crippen LogP contribution in [0, 0.1) is 0 Å². The van der Waals surface area contributed by atoms with Crippen molar-refractivity contribution in [2.75, 3.05) is 16.8 Å². The van der Waals surface area contributed by atoms with Gasteiger partial charge in [0.05, 0.1) is 30.2 Å². The molecule has 5 aromatic rings. The van der Waals surface area contributed by atoms with Crippen LogP contribution in [-0.2, 0) is 32.2 Å². The Morgan fingerprint density at radius 1 is 0.731 bits per heavy atom. The Balaban J connectivity index is 1.05. The lowest BCUT2D eigenvalue weighted by molar-refractivity contribution is -0.245. The number of aliphatic hydroxyl groups is 1. The van der Waals surface area contributed by atoms with E-state index in [1.807, 2.05) is 78.9 Å². The maximum atomic E-state index is 12.6. The summed E-state index contributed by atoms with van der Waals surface area (Å²) in [5.74, 6) is 0.630. The van der Waals surface area contributed by atoms with Gasteiger partial charge in [0.2, 0.25) is 11.8 Å². The third kappa shape index (κ3) is 10.6. The number of para-hydroxylation sites is 2. The van der Waals surface area contributed by atoms with Crippen molar-refractivity contribution >= 4 is 35.0 Å². The van der Waals surface area contributed by atoms with Crippen LogP contribution in [0.5, 0.6) is 0 Å². The molecule has 0 saturated carbocycles. The summed E-state index contributed by atoms with van der Waals surface area (Å²) in [4.78, 5) is 26.1. The minimum absolute atomic E-state index is 0.00222. The summed E-state index contributed by atoms with van der Waals surface area (Å²) in [5.41, 5.74) is 12.9. The van der Waals surface area contributed by atoms with Crippen LogP contribution in [-0.4, -0.2) is 28.8 Å². The predicted molar refractivity (Wildman–Crippen MR) is 207 cm³/mol. The zero-order chi connectivity index (χ0) is 36.1. The van der Waals surface area contributed by atoms with E-state index in [4.69, 9.17) is 15.2 Å². The summed E-state index contributed by atoms with van der Waals surface area (Å²) in [7, 11) is 0. The first-order valence-corrected chi connectivity index (χ1v) is 18.7. The molecule has 52 heavy (non-hydrogen) atoms. The molecular weight excluding hydrogens is 671 g/mol. The lowest BCUT2D eigenvalue weighted by atomic mass is 9.99.